The topological polar surface area (TPSA) is 93.9 Å². The number of imidazole rings is 1. The van der Waals surface area contributed by atoms with Gasteiger partial charge in [0.05, 0.1) is 17.9 Å². The van der Waals surface area contributed by atoms with E-state index in [-0.39, 0.29) is 17.4 Å². The monoisotopic (exact) mass is 549 g/mol. The van der Waals surface area contributed by atoms with E-state index in [1.807, 2.05) is 84.4 Å². The number of ether oxygens (including phenoxy) is 2. The number of hydrogen-bond acceptors (Lipinski definition) is 6. The van der Waals surface area contributed by atoms with Gasteiger partial charge in [0.25, 0.3) is 11.7 Å². The maximum absolute atomic E-state index is 13.4. The minimum atomic E-state index is -0.732. The molecule has 208 valence electrons. The molecule has 0 aliphatic carbocycles. The van der Waals surface area contributed by atoms with Crippen LogP contribution in [0.25, 0.3) is 5.76 Å². The summed E-state index contributed by atoms with van der Waals surface area (Å²) in [5.41, 5.74) is 3.32. The molecule has 2 aliphatic heterocycles. The van der Waals surface area contributed by atoms with Gasteiger partial charge in [-0.2, -0.15) is 0 Å². The molecular weight excluding hydrogens is 518 g/mol. The van der Waals surface area contributed by atoms with Gasteiger partial charge in [-0.15, -0.1) is 0 Å². The van der Waals surface area contributed by atoms with E-state index in [4.69, 9.17) is 9.47 Å². The van der Waals surface area contributed by atoms with Crippen LogP contribution in [0.1, 0.15) is 41.6 Å². The number of aliphatic hydroxyl groups excluding tert-OH is 1. The molecule has 8 heteroatoms. The third-order valence-corrected chi connectivity index (χ3v) is 7.53. The lowest BCUT2D eigenvalue weighted by Crippen LogP contribution is -2.31. The lowest BCUT2D eigenvalue weighted by molar-refractivity contribution is -0.139. The lowest BCUT2D eigenvalue weighted by Gasteiger charge is -2.25. The number of Topliss-reactive ketones (excluding diaryl/α,β-unsaturated/α-hetero) is 1. The van der Waals surface area contributed by atoms with Crippen LogP contribution in [0, 0.1) is 0 Å². The SMILES string of the molecule is C[C@@H]1Cc2cc(C(O)=C3C(=O)C(=O)N(CCCn4ccnc4)[C@@H]3c3ccc(OCc4ccccc4)cc3)ccc2O1. The molecule has 0 unspecified atom stereocenters. The number of nitrogens with zero attached hydrogens (tertiary/aromatic N) is 3. The van der Waals surface area contributed by atoms with Crippen molar-refractivity contribution in [1.29, 1.82) is 0 Å². The lowest BCUT2D eigenvalue weighted by atomic mass is 9.94. The Hall–Kier alpha value is -4.85. The van der Waals surface area contributed by atoms with Crippen molar-refractivity contribution in [2.75, 3.05) is 6.54 Å². The summed E-state index contributed by atoms with van der Waals surface area (Å²) >= 11 is 0. The predicted molar refractivity (Wildman–Crippen MR) is 153 cm³/mol. The number of aromatic nitrogens is 2. The van der Waals surface area contributed by atoms with Crippen molar-refractivity contribution in [2.45, 2.75) is 45.1 Å². The molecule has 8 nitrogen and oxygen atoms in total. The predicted octanol–water partition coefficient (Wildman–Crippen LogP) is 5.30. The minimum Gasteiger partial charge on any atom is -0.507 e. The first kappa shape index (κ1) is 26.4. The van der Waals surface area contributed by atoms with Crippen molar-refractivity contribution in [1.82, 2.24) is 14.5 Å². The van der Waals surface area contributed by atoms with Crippen LogP contribution in [0.15, 0.2) is 97.1 Å². The summed E-state index contributed by atoms with van der Waals surface area (Å²) in [5.74, 6) is -0.0504. The summed E-state index contributed by atoms with van der Waals surface area (Å²) in [7, 11) is 0. The Balaban J connectivity index is 1.31. The fourth-order valence-corrected chi connectivity index (χ4v) is 5.51. The van der Waals surface area contributed by atoms with Crippen LogP contribution in [-0.2, 0) is 29.2 Å². The van der Waals surface area contributed by atoms with Crippen molar-refractivity contribution < 1.29 is 24.2 Å². The number of benzene rings is 3. The highest BCUT2D eigenvalue weighted by Crippen LogP contribution is 2.41. The zero-order chi connectivity index (χ0) is 28.3. The van der Waals surface area contributed by atoms with Crippen molar-refractivity contribution in [3.8, 4) is 11.5 Å². The number of ketones is 1. The van der Waals surface area contributed by atoms with Crippen molar-refractivity contribution in [2.24, 2.45) is 0 Å². The zero-order valence-electron chi connectivity index (χ0n) is 22.8. The van der Waals surface area contributed by atoms with E-state index < -0.39 is 17.7 Å². The molecule has 41 heavy (non-hydrogen) atoms. The van der Waals surface area contributed by atoms with E-state index in [1.165, 1.54) is 0 Å². The van der Waals surface area contributed by atoms with Gasteiger partial charge in [0.1, 0.15) is 30.0 Å². The second-order valence-corrected chi connectivity index (χ2v) is 10.4. The van der Waals surface area contributed by atoms with Crippen LogP contribution in [0.2, 0.25) is 0 Å². The van der Waals surface area contributed by atoms with E-state index >= 15 is 0 Å². The van der Waals surface area contributed by atoms with Crippen molar-refractivity contribution in [3.05, 3.63) is 119 Å². The summed E-state index contributed by atoms with van der Waals surface area (Å²) in [4.78, 5) is 32.4. The third-order valence-electron chi connectivity index (χ3n) is 7.53. The number of aryl methyl sites for hydroxylation is 1. The van der Waals surface area contributed by atoms with Gasteiger partial charge in [0, 0.05) is 37.5 Å². The Morgan fingerprint density at radius 3 is 2.61 bits per heavy atom. The van der Waals surface area contributed by atoms with Crippen LogP contribution in [0.4, 0.5) is 0 Å². The van der Waals surface area contributed by atoms with Crippen molar-refractivity contribution in [3.63, 3.8) is 0 Å². The highest BCUT2D eigenvalue weighted by molar-refractivity contribution is 6.46. The van der Waals surface area contributed by atoms with E-state index in [2.05, 4.69) is 4.98 Å². The highest BCUT2D eigenvalue weighted by atomic mass is 16.5. The molecule has 4 aromatic rings. The molecule has 2 aliphatic rings. The fraction of sp³-hybridized carbons (Fsp3) is 0.242. The quantitative estimate of drug-likeness (QED) is 0.173. The smallest absolute Gasteiger partial charge is 0.295 e. The second-order valence-electron chi connectivity index (χ2n) is 10.4. The number of likely N-dealkylation sites (tertiary alicyclic amines) is 1. The molecule has 0 saturated carbocycles. The molecule has 2 atom stereocenters. The summed E-state index contributed by atoms with van der Waals surface area (Å²) in [6, 6.07) is 21.9. The van der Waals surface area contributed by atoms with Gasteiger partial charge >= 0.3 is 0 Å². The minimum absolute atomic E-state index is 0.0473. The van der Waals surface area contributed by atoms with Crippen LogP contribution >= 0.6 is 0 Å². The standard InChI is InChI=1S/C33H31N3O5/c1-22-18-26-19-25(10-13-28(26)41-22)31(37)29-30(36(33(39)32(29)38)16-5-15-35-17-14-34-21-35)24-8-11-27(12-9-24)40-20-23-6-3-2-4-7-23/h2-4,6-14,17,19,21-22,30,37H,5,15-16,18,20H2,1H3/t22-,30-/m1/s1. The molecule has 3 aromatic carbocycles. The summed E-state index contributed by atoms with van der Waals surface area (Å²) in [6.45, 7) is 3.40. The number of hydrogen-bond donors (Lipinski definition) is 1. The average Bonchev–Trinajstić information content (AvgIpc) is 3.71. The number of fused-ring (bicyclic) bond motifs is 1. The van der Waals surface area contributed by atoms with Gasteiger partial charge in [-0.3, -0.25) is 9.59 Å². The molecule has 1 fully saturated rings. The number of aliphatic hydroxyl groups is 1. The molecule has 1 N–H and O–H groups in total. The second kappa shape index (κ2) is 11.3. The first-order chi connectivity index (χ1) is 20.0. The molecule has 3 heterocycles. The number of rotatable bonds is 9. The molecule has 1 amide bonds. The molecule has 0 bridgehead atoms. The Bertz CT molecular complexity index is 1580. The van der Waals surface area contributed by atoms with Crippen molar-refractivity contribution >= 4 is 17.4 Å². The molecule has 1 aromatic heterocycles. The first-order valence-electron chi connectivity index (χ1n) is 13.8. The van der Waals surface area contributed by atoms with E-state index in [0.29, 0.717) is 43.9 Å². The molecule has 0 spiro atoms. The zero-order valence-corrected chi connectivity index (χ0v) is 22.8. The maximum atomic E-state index is 13.4. The van der Waals surface area contributed by atoms with Crippen LogP contribution < -0.4 is 9.47 Å². The third kappa shape index (κ3) is 5.45. The molecule has 0 radical (unpaired) electrons. The Kier molecular flexibility index (Phi) is 7.29. The van der Waals surface area contributed by atoms with Gasteiger partial charge in [0.15, 0.2) is 0 Å². The summed E-state index contributed by atoms with van der Waals surface area (Å²) in [6.07, 6.45) is 6.66. The fourth-order valence-electron chi connectivity index (χ4n) is 5.51. The summed E-state index contributed by atoms with van der Waals surface area (Å²) < 4.78 is 13.7. The molecule has 6 rings (SSSR count). The van der Waals surface area contributed by atoms with Gasteiger partial charge in [-0.25, -0.2) is 4.98 Å². The normalized spacial score (nSPS) is 19.3. The largest absolute Gasteiger partial charge is 0.507 e. The Morgan fingerprint density at radius 1 is 1.05 bits per heavy atom. The van der Waals surface area contributed by atoms with Gasteiger partial charge in [-0.1, -0.05) is 42.5 Å². The van der Waals surface area contributed by atoms with Gasteiger partial charge < -0.3 is 24.0 Å². The van der Waals surface area contributed by atoms with Crippen LogP contribution in [0.5, 0.6) is 11.5 Å². The number of amides is 1. The molecule has 1 saturated heterocycles. The van der Waals surface area contributed by atoms with E-state index in [9.17, 15) is 14.7 Å². The van der Waals surface area contributed by atoms with Crippen LogP contribution in [0.3, 0.4) is 0 Å². The van der Waals surface area contributed by atoms with Crippen LogP contribution in [-0.4, -0.2) is 43.9 Å². The highest BCUT2D eigenvalue weighted by Gasteiger charge is 2.45. The Morgan fingerprint density at radius 2 is 1.85 bits per heavy atom. The Labute approximate surface area is 238 Å². The number of carbonyl (C=O) groups is 2. The maximum Gasteiger partial charge on any atom is 0.295 e. The van der Waals surface area contributed by atoms with E-state index in [1.54, 1.807) is 23.5 Å². The summed E-state index contributed by atoms with van der Waals surface area (Å²) in [5, 5.41) is 11.5. The van der Waals surface area contributed by atoms with E-state index in [0.717, 1.165) is 22.4 Å². The molecular formula is C33H31N3O5. The first-order valence-corrected chi connectivity index (χ1v) is 13.8. The van der Waals surface area contributed by atoms with Gasteiger partial charge in [-0.05, 0) is 60.4 Å². The van der Waals surface area contributed by atoms with Gasteiger partial charge in [0.2, 0.25) is 0 Å². The average molecular weight is 550 g/mol. The number of carbonyl (C=O) groups excluding carboxylic acids is 2.